The van der Waals surface area contributed by atoms with Crippen LogP contribution in [0.1, 0.15) is 37.4 Å². The van der Waals surface area contributed by atoms with Crippen LogP contribution in [-0.2, 0) is 0 Å². The van der Waals surface area contributed by atoms with Gasteiger partial charge in [0.15, 0.2) is 0 Å². The van der Waals surface area contributed by atoms with Crippen molar-refractivity contribution in [2.45, 2.75) is 54.5 Å². The van der Waals surface area contributed by atoms with E-state index in [2.05, 4.69) is 17.4 Å². The maximum atomic E-state index is 13.5. The Morgan fingerprint density at radius 1 is 1.06 bits per heavy atom. The second-order valence-corrected chi connectivity index (χ2v) is 9.42. The third kappa shape index (κ3) is 3.82. The number of halogens is 1. The number of nitrogens with two attached hydrogens (primary N) is 2. The molecular formula is C23H25FN6OS. The Bertz CT molecular complexity index is 1290. The molecule has 1 aliphatic rings. The number of pyridine rings is 1. The van der Waals surface area contributed by atoms with Crippen molar-refractivity contribution in [3.05, 3.63) is 54.4 Å². The molecule has 9 heteroatoms. The van der Waals surface area contributed by atoms with Crippen molar-refractivity contribution in [1.82, 2.24) is 19.4 Å². The summed E-state index contributed by atoms with van der Waals surface area (Å²) in [5.41, 5.74) is 16.9. The smallest absolute Gasteiger partial charge is 0.125 e. The van der Waals surface area contributed by atoms with Crippen LogP contribution < -0.4 is 11.5 Å². The van der Waals surface area contributed by atoms with Gasteiger partial charge < -0.3 is 16.6 Å². The predicted molar refractivity (Wildman–Crippen MR) is 124 cm³/mol. The molecule has 166 valence electrons. The summed E-state index contributed by atoms with van der Waals surface area (Å²) in [6.45, 7) is 2.00. The first-order valence-electron chi connectivity index (χ1n) is 10.6. The van der Waals surface area contributed by atoms with Gasteiger partial charge in [0, 0.05) is 39.0 Å². The molecule has 0 unspecified atom stereocenters. The number of aryl methyl sites for hydroxylation is 1. The Balaban J connectivity index is 1.55. The van der Waals surface area contributed by atoms with E-state index in [0.29, 0.717) is 17.4 Å². The van der Waals surface area contributed by atoms with E-state index in [1.165, 1.54) is 23.9 Å². The molecule has 1 aromatic carbocycles. The molecule has 1 aliphatic carbocycles. The van der Waals surface area contributed by atoms with Crippen LogP contribution >= 0.6 is 11.8 Å². The number of aliphatic hydroxyl groups is 1. The number of hydrogen-bond acceptors (Lipinski definition) is 6. The molecular weight excluding hydrogens is 427 g/mol. The number of hydrogen-bond donors (Lipinski definition) is 3. The minimum atomic E-state index is -0.368. The lowest BCUT2D eigenvalue weighted by Crippen LogP contribution is -2.21. The fourth-order valence-electron chi connectivity index (χ4n) is 4.34. The van der Waals surface area contributed by atoms with Crippen molar-refractivity contribution in [2.24, 2.45) is 0 Å². The van der Waals surface area contributed by atoms with Crippen molar-refractivity contribution < 1.29 is 9.50 Å². The summed E-state index contributed by atoms with van der Waals surface area (Å²) in [7, 11) is 0. The van der Waals surface area contributed by atoms with E-state index in [-0.39, 0.29) is 11.9 Å². The highest BCUT2D eigenvalue weighted by atomic mass is 32.2. The Morgan fingerprint density at radius 3 is 2.59 bits per heavy atom. The molecule has 1 fully saturated rings. The second-order valence-electron chi connectivity index (χ2n) is 8.34. The zero-order valence-electron chi connectivity index (χ0n) is 17.7. The van der Waals surface area contributed by atoms with Gasteiger partial charge in [-0.3, -0.25) is 4.68 Å². The molecule has 5 rings (SSSR count). The molecule has 0 radical (unpaired) electrons. The van der Waals surface area contributed by atoms with Crippen molar-refractivity contribution in [1.29, 1.82) is 0 Å². The monoisotopic (exact) mass is 452 g/mol. The molecule has 1 saturated carbocycles. The standard InChI is InChI=1S/C23H25FN6OS/c1-13-18(12-29(28-13)16-3-5-17(31)6-4-16)14-8-22(23-20(26)10-27-30(23)11-14)32-21-7-2-15(24)9-19(21)25/h2,7-12,16-17,31H,3-6,25-26H2,1H3. The first-order chi connectivity index (χ1) is 15.4. The van der Waals surface area contributed by atoms with E-state index in [9.17, 15) is 9.50 Å². The summed E-state index contributed by atoms with van der Waals surface area (Å²) in [5.74, 6) is -0.368. The van der Waals surface area contributed by atoms with Gasteiger partial charge in [0.1, 0.15) is 11.3 Å². The third-order valence-corrected chi connectivity index (χ3v) is 7.19. The summed E-state index contributed by atoms with van der Waals surface area (Å²) in [4.78, 5) is 1.63. The fourth-order valence-corrected chi connectivity index (χ4v) is 5.38. The number of nitrogen functional groups attached to an aromatic ring is 2. The topological polar surface area (TPSA) is 107 Å². The molecule has 0 bridgehead atoms. The van der Waals surface area contributed by atoms with E-state index < -0.39 is 0 Å². The second kappa shape index (κ2) is 8.14. The third-order valence-electron chi connectivity index (χ3n) is 6.06. The van der Waals surface area contributed by atoms with E-state index >= 15 is 0 Å². The maximum absolute atomic E-state index is 13.5. The molecule has 5 N–H and O–H groups in total. The van der Waals surface area contributed by atoms with Crippen LogP contribution in [0, 0.1) is 12.7 Å². The van der Waals surface area contributed by atoms with Crippen LogP contribution in [0.4, 0.5) is 15.8 Å². The molecule has 0 amide bonds. The molecule has 7 nitrogen and oxygen atoms in total. The average molecular weight is 453 g/mol. The summed E-state index contributed by atoms with van der Waals surface area (Å²) >= 11 is 1.43. The largest absolute Gasteiger partial charge is 0.398 e. The molecule has 32 heavy (non-hydrogen) atoms. The first-order valence-corrected chi connectivity index (χ1v) is 11.4. The van der Waals surface area contributed by atoms with Crippen molar-refractivity contribution in [3.63, 3.8) is 0 Å². The van der Waals surface area contributed by atoms with E-state index in [1.54, 1.807) is 16.8 Å². The molecule has 3 aromatic heterocycles. The predicted octanol–water partition coefficient (Wildman–Crippen LogP) is 4.44. The van der Waals surface area contributed by atoms with Crippen LogP contribution in [0.15, 0.2) is 52.6 Å². The van der Waals surface area contributed by atoms with Crippen LogP contribution in [0.5, 0.6) is 0 Å². The van der Waals surface area contributed by atoms with Crippen LogP contribution in [-0.4, -0.2) is 30.6 Å². The van der Waals surface area contributed by atoms with Gasteiger partial charge in [-0.25, -0.2) is 8.91 Å². The van der Waals surface area contributed by atoms with Crippen molar-refractivity contribution >= 4 is 28.7 Å². The van der Waals surface area contributed by atoms with Gasteiger partial charge in [-0.05, 0) is 56.9 Å². The highest BCUT2D eigenvalue weighted by molar-refractivity contribution is 7.99. The molecule has 0 atom stereocenters. The maximum Gasteiger partial charge on any atom is 0.125 e. The number of benzene rings is 1. The average Bonchev–Trinajstić information content (AvgIpc) is 3.33. The number of anilines is 2. The number of nitrogens with zero attached hydrogens (tertiary/aromatic N) is 4. The van der Waals surface area contributed by atoms with E-state index in [1.807, 2.05) is 17.8 Å². The number of aliphatic hydroxyl groups excluding tert-OH is 1. The fraction of sp³-hybridized carbons (Fsp3) is 0.304. The Kier molecular flexibility index (Phi) is 5.30. The summed E-state index contributed by atoms with van der Waals surface area (Å²) in [5, 5.41) is 19.0. The molecule has 0 aliphatic heterocycles. The Morgan fingerprint density at radius 2 is 1.84 bits per heavy atom. The minimum absolute atomic E-state index is 0.200. The quantitative estimate of drug-likeness (QED) is 0.395. The van der Waals surface area contributed by atoms with Gasteiger partial charge in [0.2, 0.25) is 0 Å². The normalized spacial score (nSPS) is 19.0. The highest BCUT2D eigenvalue weighted by Gasteiger charge is 2.23. The summed E-state index contributed by atoms with van der Waals surface area (Å²) < 4.78 is 17.3. The first kappa shape index (κ1) is 20.8. The van der Waals surface area contributed by atoms with Crippen LogP contribution in [0.2, 0.25) is 0 Å². The van der Waals surface area contributed by atoms with Gasteiger partial charge in [-0.2, -0.15) is 10.2 Å². The van der Waals surface area contributed by atoms with Gasteiger partial charge in [-0.1, -0.05) is 11.8 Å². The summed E-state index contributed by atoms with van der Waals surface area (Å²) in [6.07, 6.45) is 8.89. The SMILES string of the molecule is Cc1nn(C2CCC(O)CC2)cc1-c1cc(Sc2ccc(F)cc2N)c2c(N)cnn2c1. The van der Waals surface area contributed by atoms with E-state index in [0.717, 1.165) is 57.8 Å². The van der Waals surface area contributed by atoms with Crippen LogP contribution in [0.3, 0.4) is 0 Å². The van der Waals surface area contributed by atoms with Gasteiger partial charge in [-0.15, -0.1) is 0 Å². The molecule has 0 spiro atoms. The lowest BCUT2D eigenvalue weighted by atomic mass is 9.93. The lowest BCUT2D eigenvalue weighted by Gasteiger charge is -2.25. The Hall–Kier alpha value is -3.04. The summed E-state index contributed by atoms with van der Waals surface area (Å²) in [6, 6.07) is 6.74. The number of aromatic nitrogens is 4. The Labute approximate surface area is 189 Å². The van der Waals surface area contributed by atoms with Gasteiger partial charge >= 0.3 is 0 Å². The molecule has 4 aromatic rings. The van der Waals surface area contributed by atoms with Crippen molar-refractivity contribution in [2.75, 3.05) is 11.5 Å². The van der Waals surface area contributed by atoms with Crippen molar-refractivity contribution in [3.8, 4) is 11.1 Å². The minimum Gasteiger partial charge on any atom is -0.398 e. The lowest BCUT2D eigenvalue weighted by molar-refractivity contribution is 0.108. The van der Waals surface area contributed by atoms with Gasteiger partial charge in [0.25, 0.3) is 0 Å². The number of rotatable bonds is 4. The zero-order valence-corrected chi connectivity index (χ0v) is 18.5. The highest BCUT2D eigenvalue weighted by Crippen LogP contribution is 2.39. The van der Waals surface area contributed by atoms with E-state index in [4.69, 9.17) is 16.6 Å². The van der Waals surface area contributed by atoms with Gasteiger partial charge in [0.05, 0.1) is 29.7 Å². The molecule has 3 heterocycles. The van der Waals surface area contributed by atoms with Crippen LogP contribution in [0.25, 0.3) is 16.6 Å². The molecule has 0 saturated heterocycles. The zero-order chi connectivity index (χ0) is 22.4. The number of fused-ring (bicyclic) bond motifs is 1.